The number of hydrogen-bond donors (Lipinski definition) is 1. The minimum Gasteiger partial charge on any atom is -0.507 e. The molecule has 7 heteroatoms. The third-order valence-electron chi connectivity index (χ3n) is 6.03. The van der Waals surface area contributed by atoms with Gasteiger partial charge in [0.25, 0.3) is 11.7 Å². The van der Waals surface area contributed by atoms with E-state index < -0.39 is 17.7 Å². The number of aliphatic hydroxyl groups is 1. The number of benzene rings is 2. The standard InChI is InChI=1S/C25H27BrN2O4/c1-17-3-5-18(6-4-17)22-21(23(29)19-7-9-20(26)10-8-19)24(30)25(31)28(22)12-2-11-27-13-15-32-16-14-27/h3-10,22,29H,2,11-16H2,1H3/b23-21+. The molecule has 32 heavy (non-hydrogen) atoms. The molecule has 1 N–H and O–H groups in total. The smallest absolute Gasteiger partial charge is 0.295 e. The second-order valence-corrected chi connectivity index (χ2v) is 9.13. The summed E-state index contributed by atoms with van der Waals surface area (Å²) in [6.45, 7) is 6.47. The first-order chi connectivity index (χ1) is 15.5. The molecule has 2 aliphatic heterocycles. The fourth-order valence-corrected chi connectivity index (χ4v) is 4.52. The van der Waals surface area contributed by atoms with Crippen LogP contribution in [0.1, 0.15) is 29.2 Å². The van der Waals surface area contributed by atoms with E-state index in [-0.39, 0.29) is 11.3 Å². The first-order valence-electron chi connectivity index (χ1n) is 10.9. The topological polar surface area (TPSA) is 70.1 Å². The Kier molecular flexibility index (Phi) is 7.08. The third kappa shape index (κ3) is 4.80. The van der Waals surface area contributed by atoms with Gasteiger partial charge in [-0.1, -0.05) is 57.9 Å². The van der Waals surface area contributed by atoms with Crippen molar-refractivity contribution in [2.75, 3.05) is 39.4 Å². The van der Waals surface area contributed by atoms with Gasteiger partial charge in [0, 0.05) is 36.2 Å². The maximum absolute atomic E-state index is 13.1. The van der Waals surface area contributed by atoms with Crippen molar-refractivity contribution in [3.8, 4) is 0 Å². The van der Waals surface area contributed by atoms with Gasteiger partial charge in [-0.25, -0.2) is 0 Å². The van der Waals surface area contributed by atoms with Crippen LogP contribution in [0.5, 0.6) is 0 Å². The lowest BCUT2D eigenvalue weighted by molar-refractivity contribution is -0.140. The van der Waals surface area contributed by atoms with Crippen molar-refractivity contribution in [2.24, 2.45) is 0 Å². The van der Waals surface area contributed by atoms with Gasteiger partial charge in [0.05, 0.1) is 24.8 Å². The largest absolute Gasteiger partial charge is 0.507 e. The molecule has 2 aromatic rings. The molecule has 2 aromatic carbocycles. The Hall–Kier alpha value is -2.48. The minimum absolute atomic E-state index is 0.142. The first-order valence-corrected chi connectivity index (χ1v) is 11.7. The molecule has 2 heterocycles. The maximum atomic E-state index is 13.1. The molecule has 2 saturated heterocycles. The number of aryl methyl sites for hydroxylation is 1. The zero-order valence-corrected chi connectivity index (χ0v) is 19.7. The van der Waals surface area contributed by atoms with E-state index in [1.807, 2.05) is 31.2 Å². The zero-order chi connectivity index (χ0) is 22.7. The molecule has 1 amide bonds. The summed E-state index contributed by atoms with van der Waals surface area (Å²) in [6.07, 6.45) is 0.744. The minimum atomic E-state index is -0.637. The summed E-state index contributed by atoms with van der Waals surface area (Å²) in [4.78, 5) is 30.0. The molecular weight excluding hydrogens is 472 g/mol. The highest BCUT2D eigenvalue weighted by Crippen LogP contribution is 2.39. The van der Waals surface area contributed by atoms with Gasteiger partial charge in [0.2, 0.25) is 0 Å². The summed E-state index contributed by atoms with van der Waals surface area (Å²) in [7, 11) is 0. The van der Waals surface area contributed by atoms with Gasteiger partial charge < -0.3 is 14.7 Å². The molecule has 0 aromatic heterocycles. The van der Waals surface area contributed by atoms with Crippen LogP contribution >= 0.6 is 15.9 Å². The molecule has 168 valence electrons. The van der Waals surface area contributed by atoms with Gasteiger partial charge >= 0.3 is 0 Å². The number of nitrogens with zero attached hydrogens (tertiary/aromatic N) is 2. The number of carbonyl (C=O) groups excluding carboxylic acids is 2. The van der Waals surface area contributed by atoms with Crippen LogP contribution in [-0.4, -0.2) is 66.0 Å². The molecule has 1 unspecified atom stereocenters. The highest BCUT2D eigenvalue weighted by molar-refractivity contribution is 9.10. The Bertz CT molecular complexity index is 1010. The van der Waals surface area contributed by atoms with Crippen LogP contribution < -0.4 is 0 Å². The Morgan fingerprint density at radius 3 is 2.34 bits per heavy atom. The SMILES string of the molecule is Cc1ccc(C2/C(=C(\O)c3ccc(Br)cc3)C(=O)C(=O)N2CCCN2CCOCC2)cc1. The average Bonchev–Trinajstić information content (AvgIpc) is 3.05. The second kappa shape index (κ2) is 9.98. The van der Waals surface area contributed by atoms with Crippen molar-refractivity contribution >= 4 is 33.4 Å². The van der Waals surface area contributed by atoms with Crippen molar-refractivity contribution in [2.45, 2.75) is 19.4 Å². The number of amides is 1. The Labute approximate surface area is 196 Å². The summed E-state index contributed by atoms with van der Waals surface area (Å²) in [6, 6.07) is 14.2. The van der Waals surface area contributed by atoms with Gasteiger partial charge in [0.1, 0.15) is 5.76 Å². The molecule has 1 atom stereocenters. The lowest BCUT2D eigenvalue weighted by Gasteiger charge is -2.29. The molecule has 4 rings (SSSR count). The normalized spacial score (nSPS) is 21.3. The number of Topliss-reactive ketones (excluding diaryl/α,β-unsaturated/α-hetero) is 1. The predicted octanol–water partition coefficient (Wildman–Crippen LogP) is 3.90. The van der Waals surface area contributed by atoms with Crippen LogP contribution in [0, 0.1) is 6.92 Å². The fraction of sp³-hybridized carbons (Fsp3) is 0.360. The van der Waals surface area contributed by atoms with Gasteiger partial charge in [-0.05, 0) is 31.0 Å². The molecule has 2 aliphatic rings. The van der Waals surface area contributed by atoms with E-state index in [1.165, 1.54) is 0 Å². The van der Waals surface area contributed by atoms with Crippen molar-refractivity contribution in [3.05, 3.63) is 75.3 Å². The van der Waals surface area contributed by atoms with E-state index in [2.05, 4.69) is 20.8 Å². The van der Waals surface area contributed by atoms with E-state index >= 15 is 0 Å². The zero-order valence-electron chi connectivity index (χ0n) is 18.1. The van der Waals surface area contributed by atoms with Gasteiger partial charge in [-0.2, -0.15) is 0 Å². The van der Waals surface area contributed by atoms with E-state index in [9.17, 15) is 14.7 Å². The fourth-order valence-electron chi connectivity index (χ4n) is 4.26. The second-order valence-electron chi connectivity index (χ2n) is 8.22. The molecule has 6 nitrogen and oxygen atoms in total. The first kappa shape index (κ1) is 22.7. The molecule has 0 aliphatic carbocycles. The monoisotopic (exact) mass is 498 g/mol. The number of ether oxygens (including phenoxy) is 1. The number of halogens is 1. The van der Waals surface area contributed by atoms with Crippen LogP contribution in [0.3, 0.4) is 0 Å². The number of aliphatic hydroxyl groups excluding tert-OH is 1. The Morgan fingerprint density at radius 1 is 1.03 bits per heavy atom. The van der Waals surface area contributed by atoms with Crippen molar-refractivity contribution in [1.29, 1.82) is 0 Å². The molecule has 0 spiro atoms. The van der Waals surface area contributed by atoms with Crippen LogP contribution in [0.15, 0.2) is 58.6 Å². The molecule has 0 bridgehead atoms. The number of morpholine rings is 1. The quantitative estimate of drug-likeness (QED) is 0.371. The number of likely N-dealkylation sites (tertiary alicyclic amines) is 1. The summed E-state index contributed by atoms with van der Waals surface area (Å²) in [5.41, 5.74) is 2.56. The summed E-state index contributed by atoms with van der Waals surface area (Å²) in [5, 5.41) is 11.1. The van der Waals surface area contributed by atoms with Crippen molar-refractivity contribution < 1.29 is 19.4 Å². The van der Waals surface area contributed by atoms with Crippen LogP contribution in [0.25, 0.3) is 5.76 Å². The van der Waals surface area contributed by atoms with Gasteiger partial charge in [0.15, 0.2) is 0 Å². The number of rotatable bonds is 6. The average molecular weight is 499 g/mol. The van der Waals surface area contributed by atoms with E-state index in [1.54, 1.807) is 29.2 Å². The summed E-state index contributed by atoms with van der Waals surface area (Å²) < 4.78 is 6.27. The van der Waals surface area contributed by atoms with Crippen molar-refractivity contribution in [1.82, 2.24) is 9.80 Å². The van der Waals surface area contributed by atoms with Gasteiger partial charge in [-0.15, -0.1) is 0 Å². The maximum Gasteiger partial charge on any atom is 0.295 e. The molecule has 0 saturated carbocycles. The Balaban J connectivity index is 1.66. The summed E-state index contributed by atoms with van der Waals surface area (Å²) >= 11 is 3.39. The molecular formula is C25H27BrN2O4. The lowest BCUT2D eigenvalue weighted by atomic mass is 9.94. The number of carbonyl (C=O) groups is 2. The Morgan fingerprint density at radius 2 is 1.69 bits per heavy atom. The highest BCUT2D eigenvalue weighted by atomic mass is 79.9. The summed E-state index contributed by atoms with van der Waals surface area (Å²) in [5.74, 6) is -1.34. The van der Waals surface area contributed by atoms with Crippen LogP contribution in [-0.2, 0) is 14.3 Å². The van der Waals surface area contributed by atoms with Crippen LogP contribution in [0.4, 0.5) is 0 Å². The highest BCUT2D eigenvalue weighted by Gasteiger charge is 2.45. The third-order valence-corrected chi connectivity index (χ3v) is 6.56. The lowest BCUT2D eigenvalue weighted by Crippen LogP contribution is -2.38. The number of ketones is 1. The molecule has 2 fully saturated rings. The number of hydrogen-bond acceptors (Lipinski definition) is 5. The van der Waals surface area contributed by atoms with Crippen molar-refractivity contribution in [3.63, 3.8) is 0 Å². The van der Waals surface area contributed by atoms with E-state index in [4.69, 9.17) is 4.74 Å². The van der Waals surface area contributed by atoms with Crippen LogP contribution in [0.2, 0.25) is 0 Å². The molecule has 0 radical (unpaired) electrons. The van der Waals surface area contributed by atoms with E-state index in [0.29, 0.717) is 12.1 Å². The predicted molar refractivity (Wildman–Crippen MR) is 126 cm³/mol. The van der Waals surface area contributed by atoms with Gasteiger partial charge in [-0.3, -0.25) is 14.5 Å². The van der Waals surface area contributed by atoms with E-state index in [0.717, 1.165) is 54.9 Å².